The normalized spacial score (nSPS) is 11.7. The van der Waals surface area contributed by atoms with Gasteiger partial charge in [-0.1, -0.05) is 6.08 Å². The minimum Gasteiger partial charge on any atom is -0.190 e. The SMILES string of the molecule is C/C=C\N=NCC. The third kappa shape index (κ3) is 5.34. The Labute approximate surface area is 44.0 Å². The smallest absolute Gasteiger partial charge is 0.0574 e. The van der Waals surface area contributed by atoms with Crippen LogP contribution in [0.5, 0.6) is 0 Å². The van der Waals surface area contributed by atoms with E-state index in [1.165, 1.54) is 0 Å². The molecule has 0 aromatic heterocycles. The second-order valence-corrected chi connectivity index (χ2v) is 1.06. The second kappa shape index (κ2) is 5.34. The van der Waals surface area contributed by atoms with Gasteiger partial charge in [-0.3, -0.25) is 0 Å². The van der Waals surface area contributed by atoms with Crippen LogP contribution in [0.25, 0.3) is 0 Å². The Hall–Kier alpha value is -0.660. The molecule has 0 aromatic carbocycles. The largest absolute Gasteiger partial charge is 0.190 e. The van der Waals surface area contributed by atoms with Crippen molar-refractivity contribution in [1.82, 2.24) is 0 Å². The van der Waals surface area contributed by atoms with Crippen LogP contribution in [0.3, 0.4) is 0 Å². The van der Waals surface area contributed by atoms with Crippen molar-refractivity contribution in [3.05, 3.63) is 12.3 Å². The summed E-state index contributed by atoms with van der Waals surface area (Å²) in [5, 5.41) is 7.35. The average molecular weight is 98.1 g/mol. The molecule has 2 heteroatoms. The van der Waals surface area contributed by atoms with Crippen molar-refractivity contribution in [2.24, 2.45) is 10.2 Å². The van der Waals surface area contributed by atoms with Crippen molar-refractivity contribution >= 4 is 0 Å². The van der Waals surface area contributed by atoms with E-state index in [0.29, 0.717) is 0 Å². The molecule has 0 rings (SSSR count). The zero-order valence-electron chi connectivity index (χ0n) is 4.76. The maximum atomic E-state index is 3.70. The summed E-state index contributed by atoms with van der Waals surface area (Å²) in [5.41, 5.74) is 0. The molecule has 0 spiro atoms. The highest BCUT2D eigenvalue weighted by atomic mass is 15.1. The van der Waals surface area contributed by atoms with E-state index in [1.807, 2.05) is 19.9 Å². The van der Waals surface area contributed by atoms with Crippen LogP contribution in [0.2, 0.25) is 0 Å². The molecule has 0 atom stereocenters. The molecule has 0 saturated heterocycles. The third-order valence-electron chi connectivity index (χ3n) is 0.439. The minimum absolute atomic E-state index is 0.768. The summed E-state index contributed by atoms with van der Waals surface area (Å²) in [7, 11) is 0. The summed E-state index contributed by atoms with van der Waals surface area (Å²) >= 11 is 0. The van der Waals surface area contributed by atoms with Gasteiger partial charge in [-0.15, -0.1) is 0 Å². The molecule has 0 aliphatic carbocycles. The number of hydrogen-bond acceptors (Lipinski definition) is 2. The lowest BCUT2D eigenvalue weighted by atomic mass is 10.7. The van der Waals surface area contributed by atoms with Gasteiger partial charge in [0, 0.05) is 6.20 Å². The van der Waals surface area contributed by atoms with Crippen LogP contribution in [0, 0.1) is 0 Å². The first-order valence-electron chi connectivity index (χ1n) is 2.39. The van der Waals surface area contributed by atoms with Crippen LogP contribution in [0.15, 0.2) is 22.5 Å². The molecule has 2 nitrogen and oxygen atoms in total. The van der Waals surface area contributed by atoms with E-state index in [-0.39, 0.29) is 0 Å². The first-order chi connectivity index (χ1) is 3.41. The lowest BCUT2D eigenvalue weighted by molar-refractivity contribution is 1.00. The van der Waals surface area contributed by atoms with Crippen LogP contribution in [0.1, 0.15) is 13.8 Å². The van der Waals surface area contributed by atoms with Gasteiger partial charge < -0.3 is 0 Å². The molecule has 0 N–H and O–H groups in total. The third-order valence-corrected chi connectivity index (χ3v) is 0.439. The van der Waals surface area contributed by atoms with Crippen molar-refractivity contribution < 1.29 is 0 Å². The van der Waals surface area contributed by atoms with Crippen LogP contribution in [-0.2, 0) is 0 Å². The molecule has 0 aromatic rings. The Balaban J connectivity index is 3.09. The molecule has 0 radical (unpaired) electrons. The van der Waals surface area contributed by atoms with Gasteiger partial charge >= 0.3 is 0 Å². The first kappa shape index (κ1) is 6.34. The number of rotatable bonds is 2. The second-order valence-electron chi connectivity index (χ2n) is 1.06. The lowest BCUT2D eigenvalue weighted by Crippen LogP contribution is -1.58. The van der Waals surface area contributed by atoms with E-state index in [2.05, 4.69) is 10.2 Å². The molecule has 40 valence electrons. The maximum absolute atomic E-state index is 3.70. The van der Waals surface area contributed by atoms with E-state index in [0.717, 1.165) is 6.54 Å². The summed E-state index contributed by atoms with van der Waals surface area (Å²) < 4.78 is 0. The van der Waals surface area contributed by atoms with E-state index in [1.54, 1.807) is 6.20 Å². The van der Waals surface area contributed by atoms with Gasteiger partial charge in [-0.2, -0.15) is 10.2 Å². The lowest BCUT2D eigenvalue weighted by Gasteiger charge is -1.71. The average Bonchev–Trinajstić information content (AvgIpc) is 1.69. The van der Waals surface area contributed by atoms with E-state index >= 15 is 0 Å². The van der Waals surface area contributed by atoms with Crippen molar-refractivity contribution in [2.75, 3.05) is 6.54 Å². The molecule has 7 heavy (non-hydrogen) atoms. The summed E-state index contributed by atoms with van der Waals surface area (Å²) in [6, 6.07) is 0. The van der Waals surface area contributed by atoms with Crippen molar-refractivity contribution in [1.29, 1.82) is 0 Å². The van der Waals surface area contributed by atoms with Gasteiger partial charge in [0.1, 0.15) is 0 Å². The fraction of sp³-hybridized carbons (Fsp3) is 0.600. The number of nitrogens with zero attached hydrogens (tertiary/aromatic N) is 2. The topological polar surface area (TPSA) is 24.7 Å². The molecule has 0 unspecified atom stereocenters. The van der Waals surface area contributed by atoms with E-state index in [9.17, 15) is 0 Å². The highest BCUT2D eigenvalue weighted by molar-refractivity contribution is 4.70. The summed E-state index contributed by atoms with van der Waals surface area (Å²) in [5.74, 6) is 0. The molecule has 0 bridgehead atoms. The quantitative estimate of drug-likeness (QED) is 0.472. The molecule has 0 heterocycles. The van der Waals surface area contributed by atoms with Crippen LogP contribution in [0.4, 0.5) is 0 Å². The Morgan fingerprint density at radius 1 is 1.57 bits per heavy atom. The maximum Gasteiger partial charge on any atom is 0.0574 e. The standard InChI is InChI=1S/C5H10N2/c1-3-5-7-6-4-2/h3,5H,4H2,1-2H3/b5-3-,7-6?. The summed E-state index contributed by atoms with van der Waals surface area (Å²) in [6.45, 7) is 4.63. The fourth-order valence-corrected chi connectivity index (χ4v) is 0.195. The predicted octanol–water partition coefficient (Wildman–Crippen LogP) is 1.99. The highest BCUT2D eigenvalue weighted by Crippen LogP contribution is 1.75. The Kier molecular flexibility index (Phi) is 4.84. The number of azo groups is 1. The summed E-state index contributed by atoms with van der Waals surface area (Å²) in [6.07, 6.45) is 3.52. The van der Waals surface area contributed by atoms with Gasteiger partial charge in [-0.25, -0.2) is 0 Å². The van der Waals surface area contributed by atoms with Gasteiger partial charge in [0.15, 0.2) is 0 Å². The number of allylic oxidation sites excluding steroid dienone is 1. The zero-order valence-corrected chi connectivity index (χ0v) is 4.76. The monoisotopic (exact) mass is 98.1 g/mol. The molecule has 0 aliphatic rings. The summed E-state index contributed by atoms with van der Waals surface area (Å²) in [4.78, 5) is 0. The van der Waals surface area contributed by atoms with Crippen LogP contribution in [-0.4, -0.2) is 6.54 Å². The van der Waals surface area contributed by atoms with E-state index < -0.39 is 0 Å². The van der Waals surface area contributed by atoms with Crippen molar-refractivity contribution in [3.8, 4) is 0 Å². The number of hydrogen-bond donors (Lipinski definition) is 0. The first-order valence-corrected chi connectivity index (χ1v) is 2.39. The van der Waals surface area contributed by atoms with Gasteiger partial charge in [0.05, 0.1) is 6.54 Å². The van der Waals surface area contributed by atoms with Gasteiger partial charge in [-0.05, 0) is 13.8 Å². The Morgan fingerprint density at radius 2 is 2.29 bits per heavy atom. The minimum atomic E-state index is 0.768. The molecular formula is C5H10N2. The molecule has 0 aliphatic heterocycles. The molecule has 0 fully saturated rings. The highest BCUT2D eigenvalue weighted by Gasteiger charge is 1.58. The Morgan fingerprint density at radius 3 is 2.71 bits per heavy atom. The Bertz CT molecular complexity index is 74.1. The van der Waals surface area contributed by atoms with Crippen molar-refractivity contribution in [3.63, 3.8) is 0 Å². The van der Waals surface area contributed by atoms with Crippen LogP contribution < -0.4 is 0 Å². The molecule has 0 amide bonds. The van der Waals surface area contributed by atoms with E-state index in [4.69, 9.17) is 0 Å². The predicted molar refractivity (Wildman–Crippen MR) is 30.2 cm³/mol. The fourth-order valence-electron chi connectivity index (χ4n) is 0.195. The molecule has 0 saturated carbocycles. The van der Waals surface area contributed by atoms with Crippen LogP contribution >= 0.6 is 0 Å². The van der Waals surface area contributed by atoms with Gasteiger partial charge in [0.25, 0.3) is 0 Å². The zero-order chi connectivity index (χ0) is 5.54. The van der Waals surface area contributed by atoms with Crippen molar-refractivity contribution in [2.45, 2.75) is 13.8 Å². The molecular weight excluding hydrogens is 88.1 g/mol. The van der Waals surface area contributed by atoms with Gasteiger partial charge in [0.2, 0.25) is 0 Å².